The maximum Gasteiger partial charge on any atom is 0.331 e. The molecule has 9 nitrogen and oxygen atoms in total. The minimum absolute atomic E-state index is 0.203. The van der Waals surface area contributed by atoms with Gasteiger partial charge in [-0.1, -0.05) is 12.1 Å². The van der Waals surface area contributed by atoms with E-state index in [0.717, 1.165) is 24.3 Å². The van der Waals surface area contributed by atoms with Gasteiger partial charge in [-0.15, -0.1) is 4.72 Å². The molecule has 2 heterocycles. The molecule has 0 saturated carbocycles. The smallest absolute Gasteiger partial charge is 0.331 e. The zero-order chi connectivity index (χ0) is 26.1. The number of amides is 4. The van der Waals surface area contributed by atoms with Gasteiger partial charge in [0.2, 0.25) is 11.7 Å². The standard InChI is InChI=1S/C22H26F3N3O6S/c1-21(2,3)35(33)27-16(12-5-4-6-13(23)11-12)22(24,25)17(29)15-18(30)26-20(32)28(19(15)31)14-7-9-34-10-8-14/h4-6,11,14-16,27H,7-10H2,1-3H3,(H,26,30,32)/t15?,16-,35-/m0/s1. The van der Waals surface area contributed by atoms with E-state index in [9.17, 15) is 28.1 Å². The van der Waals surface area contributed by atoms with Gasteiger partial charge < -0.3 is 9.29 Å². The highest BCUT2D eigenvalue weighted by Gasteiger charge is 2.59. The molecule has 0 radical (unpaired) electrons. The van der Waals surface area contributed by atoms with Crippen molar-refractivity contribution in [1.29, 1.82) is 0 Å². The number of nitrogens with zero attached hydrogens (tertiary/aromatic N) is 1. The molecular weight excluding hydrogens is 491 g/mol. The molecule has 0 aliphatic carbocycles. The van der Waals surface area contributed by atoms with Crippen molar-refractivity contribution in [3.63, 3.8) is 0 Å². The first kappa shape index (κ1) is 27.1. The Balaban J connectivity index is 1.98. The predicted molar refractivity (Wildman–Crippen MR) is 118 cm³/mol. The number of halogens is 3. The Morgan fingerprint density at radius 1 is 1.23 bits per heavy atom. The number of hydrogen-bond donors (Lipinski definition) is 2. The lowest BCUT2D eigenvalue weighted by Gasteiger charge is -2.38. The zero-order valence-electron chi connectivity index (χ0n) is 19.3. The monoisotopic (exact) mass is 517 g/mol. The van der Waals surface area contributed by atoms with Crippen molar-refractivity contribution >= 4 is 35.0 Å². The zero-order valence-corrected chi connectivity index (χ0v) is 20.1. The molecule has 1 aromatic rings. The van der Waals surface area contributed by atoms with Crippen molar-refractivity contribution < 1.29 is 41.6 Å². The van der Waals surface area contributed by atoms with E-state index in [1.807, 2.05) is 0 Å². The van der Waals surface area contributed by atoms with E-state index in [1.54, 1.807) is 5.32 Å². The Bertz CT molecular complexity index is 1010. The van der Waals surface area contributed by atoms with Crippen LogP contribution in [0, 0.1) is 11.7 Å². The van der Waals surface area contributed by atoms with Crippen molar-refractivity contribution in [2.24, 2.45) is 5.92 Å². The summed E-state index contributed by atoms with van der Waals surface area (Å²) < 4.78 is 64.3. The summed E-state index contributed by atoms with van der Waals surface area (Å²) >= 11 is -2.15. The molecule has 13 heteroatoms. The second-order valence-corrected chi connectivity index (χ2v) is 11.3. The molecule has 3 rings (SSSR count). The number of barbiturate groups is 1. The fraction of sp³-hybridized carbons (Fsp3) is 0.545. The van der Waals surface area contributed by atoms with Gasteiger partial charge >= 0.3 is 12.0 Å². The third-order valence-corrected chi connectivity index (χ3v) is 7.23. The SMILES string of the molecule is CC(C)(C)[S@+]([O-])N[C@@H](c1cccc(F)c1)C(F)(F)C(=O)C1C(=O)NC(=O)N(C2CCOCC2)C1=O. The summed E-state index contributed by atoms with van der Waals surface area (Å²) in [6, 6.07) is -0.213. The first-order chi connectivity index (χ1) is 16.2. The average molecular weight is 518 g/mol. The summed E-state index contributed by atoms with van der Waals surface area (Å²) in [5.74, 6) is -12.9. The van der Waals surface area contributed by atoms with Gasteiger partial charge in [0.1, 0.15) is 16.6 Å². The topological polar surface area (TPSA) is 128 Å². The van der Waals surface area contributed by atoms with Gasteiger partial charge in [-0.05, 0) is 51.3 Å². The summed E-state index contributed by atoms with van der Waals surface area (Å²) in [5.41, 5.74) is -0.415. The van der Waals surface area contributed by atoms with Crippen LogP contribution in [0.5, 0.6) is 0 Å². The molecule has 2 aliphatic rings. The lowest BCUT2D eigenvalue weighted by molar-refractivity contribution is -0.162. The van der Waals surface area contributed by atoms with Crippen molar-refractivity contribution in [2.45, 2.75) is 56.4 Å². The molecule has 0 bridgehead atoms. The number of carbonyl (C=O) groups excluding carboxylic acids is 4. The van der Waals surface area contributed by atoms with Crippen molar-refractivity contribution in [2.75, 3.05) is 13.2 Å². The normalized spacial score (nSPS) is 22.1. The first-order valence-electron chi connectivity index (χ1n) is 10.9. The molecule has 1 aromatic carbocycles. The van der Waals surface area contributed by atoms with Crippen LogP contribution in [-0.2, 0) is 30.5 Å². The second-order valence-electron chi connectivity index (χ2n) is 9.25. The van der Waals surface area contributed by atoms with Crippen LogP contribution in [0.25, 0.3) is 0 Å². The van der Waals surface area contributed by atoms with E-state index in [4.69, 9.17) is 4.74 Å². The summed E-state index contributed by atoms with van der Waals surface area (Å²) in [6.07, 6.45) is 0.422. The van der Waals surface area contributed by atoms with E-state index >= 15 is 8.78 Å². The highest BCUT2D eigenvalue weighted by Crippen LogP contribution is 2.38. The fourth-order valence-electron chi connectivity index (χ4n) is 3.77. The van der Waals surface area contributed by atoms with Gasteiger partial charge in [-0.2, -0.15) is 8.78 Å². The summed E-state index contributed by atoms with van der Waals surface area (Å²) in [7, 11) is 0. The van der Waals surface area contributed by atoms with Gasteiger partial charge in [-0.25, -0.2) is 9.18 Å². The summed E-state index contributed by atoms with van der Waals surface area (Å²) in [4.78, 5) is 51.5. The molecule has 3 atom stereocenters. The lowest BCUT2D eigenvalue weighted by Crippen LogP contribution is -2.65. The van der Waals surface area contributed by atoms with Gasteiger partial charge in [-0.3, -0.25) is 24.6 Å². The van der Waals surface area contributed by atoms with Gasteiger partial charge in [0.15, 0.2) is 5.92 Å². The number of alkyl halides is 2. The quantitative estimate of drug-likeness (QED) is 0.418. The number of Topliss-reactive ketones (excluding diaryl/α,β-unsaturated/α-hetero) is 1. The van der Waals surface area contributed by atoms with Crippen LogP contribution < -0.4 is 10.0 Å². The molecule has 1 unspecified atom stereocenters. The number of hydrogen-bond acceptors (Lipinski definition) is 7. The van der Waals surface area contributed by atoms with Crippen molar-refractivity contribution in [1.82, 2.24) is 14.9 Å². The Morgan fingerprint density at radius 2 is 1.86 bits per heavy atom. The van der Waals surface area contributed by atoms with E-state index in [0.29, 0.717) is 4.90 Å². The molecule has 4 amide bonds. The molecule has 2 aliphatic heterocycles. The van der Waals surface area contributed by atoms with Crippen LogP contribution in [0.15, 0.2) is 24.3 Å². The average Bonchev–Trinajstić information content (AvgIpc) is 2.76. The molecule has 0 aromatic heterocycles. The van der Waals surface area contributed by atoms with Crippen LogP contribution in [0.1, 0.15) is 45.2 Å². The molecule has 2 N–H and O–H groups in total. The lowest BCUT2D eigenvalue weighted by atomic mass is 9.88. The number of carbonyl (C=O) groups is 4. The number of benzene rings is 1. The fourth-order valence-corrected chi connectivity index (χ4v) is 4.62. The highest BCUT2D eigenvalue weighted by molar-refractivity contribution is 7.90. The summed E-state index contributed by atoms with van der Waals surface area (Å²) in [6.45, 7) is 4.89. The van der Waals surface area contributed by atoms with Gasteiger partial charge in [0.25, 0.3) is 5.91 Å². The number of ketones is 1. The van der Waals surface area contributed by atoms with Crippen LogP contribution >= 0.6 is 0 Å². The van der Waals surface area contributed by atoms with Crippen molar-refractivity contribution in [3.05, 3.63) is 35.6 Å². The number of ether oxygens (including phenoxy) is 1. The summed E-state index contributed by atoms with van der Waals surface area (Å²) in [5, 5.41) is 1.80. The number of nitrogens with one attached hydrogen (secondary N) is 2. The highest BCUT2D eigenvalue weighted by atomic mass is 32.2. The van der Waals surface area contributed by atoms with Crippen LogP contribution in [0.4, 0.5) is 18.0 Å². The van der Waals surface area contributed by atoms with Crippen LogP contribution in [-0.4, -0.2) is 63.0 Å². The molecule has 2 fully saturated rings. The van der Waals surface area contributed by atoms with E-state index < -0.39 is 75.0 Å². The maximum atomic E-state index is 15.7. The predicted octanol–water partition coefficient (Wildman–Crippen LogP) is 2.00. The minimum atomic E-state index is -4.49. The Labute approximate surface area is 203 Å². The largest absolute Gasteiger partial charge is 0.598 e. The van der Waals surface area contributed by atoms with E-state index in [1.165, 1.54) is 20.8 Å². The van der Waals surface area contributed by atoms with Gasteiger partial charge in [0, 0.05) is 30.6 Å². The molecule has 2 saturated heterocycles. The molecule has 192 valence electrons. The number of imide groups is 2. The van der Waals surface area contributed by atoms with E-state index in [2.05, 4.69) is 4.72 Å². The third-order valence-electron chi connectivity index (χ3n) is 5.67. The van der Waals surface area contributed by atoms with Crippen molar-refractivity contribution in [3.8, 4) is 0 Å². The molecule has 0 spiro atoms. The first-order valence-corrected chi connectivity index (χ1v) is 12.0. The second kappa shape index (κ2) is 10.2. The Morgan fingerprint density at radius 3 is 2.43 bits per heavy atom. The van der Waals surface area contributed by atoms with Gasteiger partial charge in [0.05, 0.1) is 0 Å². The third kappa shape index (κ3) is 5.68. The molecule has 35 heavy (non-hydrogen) atoms. The Kier molecular flexibility index (Phi) is 7.94. The maximum absolute atomic E-state index is 15.7. The Hall–Kier alpha value is -2.48. The van der Waals surface area contributed by atoms with Crippen LogP contribution in [0.2, 0.25) is 0 Å². The minimum Gasteiger partial charge on any atom is -0.598 e. The number of rotatable bonds is 7. The van der Waals surface area contributed by atoms with E-state index in [-0.39, 0.29) is 26.1 Å². The number of urea groups is 1. The van der Waals surface area contributed by atoms with Crippen LogP contribution in [0.3, 0.4) is 0 Å². The molecular formula is C22H26F3N3O6S.